The van der Waals surface area contributed by atoms with E-state index < -0.39 is 5.91 Å². The van der Waals surface area contributed by atoms with E-state index in [1.807, 2.05) is 0 Å². The molecule has 0 unspecified atom stereocenters. The predicted octanol–water partition coefficient (Wildman–Crippen LogP) is -0.904. The first-order valence-electron chi connectivity index (χ1n) is 2.89. The number of primary amides is 1. The van der Waals surface area contributed by atoms with Crippen LogP contribution in [0.5, 0.6) is 0 Å². The van der Waals surface area contributed by atoms with Crippen molar-refractivity contribution in [2.45, 2.75) is 6.92 Å². The zero-order valence-electron chi connectivity index (χ0n) is 6.38. The number of hydrogen-bond acceptors (Lipinski definition) is 3. The molecule has 5 nitrogen and oxygen atoms in total. The Labute approximate surface area is 64.2 Å². The summed E-state index contributed by atoms with van der Waals surface area (Å²) in [7, 11) is 1.29. The van der Waals surface area contributed by atoms with E-state index in [1.54, 1.807) is 0 Å². The van der Waals surface area contributed by atoms with Gasteiger partial charge in [0.25, 0.3) is 5.91 Å². The molecule has 0 radical (unpaired) electrons. The second-order valence-electron chi connectivity index (χ2n) is 1.78. The van der Waals surface area contributed by atoms with Crippen molar-refractivity contribution in [3.8, 4) is 0 Å². The number of methoxy groups -OCH3 is 1. The zero-order valence-corrected chi connectivity index (χ0v) is 6.38. The molecular weight excluding hydrogens is 148 g/mol. The van der Waals surface area contributed by atoms with Crippen LogP contribution >= 0.6 is 0 Å². The molecule has 0 aromatic carbocycles. The average molecular weight is 158 g/mol. The average Bonchev–Trinajstić information content (AvgIpc) is 1.87. The smallest absolute Gasteiger partial charge is 0.285 e. The minimum atomic E-state index is -0.721. The van der Waals surface area contributed by atoms with Gasteiger partial charge in [0, 0.05) is 6.92 Å². The maximum absolute atomic E-state index is 10.4. The quantitative estimate of drug-likeness (QED) is 0.412. The number of carbonyl (C=O) groups is 2. The lowest BCUT2D eigenvalue weighted by Gasteiger charge is -1.99. The lowest BCUT2D eigenvalue weighted by molar-refractivity contribution is -0.118. The summed E-state index contributed by atoms with van der Waals surface area (Å²) in [5, 5.41) is 2.25. The van der Waals surface area contributed by atoms with Gasteiger partial charge in [-0.3, -0.25) is 9.59 Å². The predicted molar refractivity (Wildman–Crippen MR) is 38.1 cm³/mol. The summed E-state index contributed by atoms with van der Waals surface area (Å²) in [5.74, 6) is -1.10. The van der Waals surface area contributed by atoms with Gasteiger partial charge in [0.05, 0.1) is 13.3 Å². The van der Waals surface area contributed by atoms with Gasteiger partial charge in [0.2, 0.25) is 5.91 Å². The van der Waals surface area contributed by atoms with E-state index in [0.29, 0.717) is 0 Å². The van der Waals surface area contributed by atoms with Gasteiger partial charge in [-0.2, -0.15) is 0 Å². The third kappa shape index (κ3) is 3.96. The maximum atomic E-state index is 10.4. The van der Waals surface area contributed by atoms with Crippen LogP contribution in [0.25, 0.3) is 0 Å². The van der Waals surface area contributed by atoms with Crippen molar-refractivity contribution >= 4 is 11.8 Å². The SMILES string of the molecule is CO/C(=C/NC(C)=O)C(N)=O. The molecule has 0 fully saturated rings. The summed E-state index contributed by atoms with van der Waals surface area (Å²) < 4.78 is 4.53. The summed E-state index contributed by atoms with van der Waals surface area (Å²) in [6.45, 7) is 1.31. The van der Waals surface area contributed by atoms with Crippen molar-refractivity contribution in [3.05, 3.63) is 12.0 Å². The molecule has 0 aliphatic rings. The van der Waals surface area contributed by atoms with Gasteiger partial charge >= 0.3 is 0 Å². The highest BCUT2D eigenvalue weighted by atomic mass is 16.5. The van der Waals surface area contributed by atoms with Crippen LogP contribution in [-0.2, 0) is 14.3 Å². The Balaban J connectivity index is 4.13. The minimum absolute atomic E-state index is 0.0831. The van der Waals surface area contributed by atoms with E-state index >= 15 is 0 Å². The van der Waals surface area contributed by atoms with Crippen LogP contribution in [0.2, 0.25) is 0 Å². The second-order valence-corrected chi connectivity index (χ2v) is 1.78. The molecule has 0 heterocycles. The van der Waals surface area contributed by atoms with Gasteiger partial charge in [-0.25, -0.2) is 0 Å². The van der Waals surface area contributed by atoms with Crippen LogP contribution in [0.3, 0.4) is 0 Å². The molecule has 0 bridgehead atoms. The van der Waals surface area contributed by atoms with Crippen molar-refractivity contribution in [1.29, 1.82) is 0 Å². The zero-order chi connectivity index (χ0) is 8.85. The summed E-state index contributed by atoms with van der Waals surface area (Å²) in [4.78, 5) is 20.7. The summed E-state index contributed by atoms with van der Waals surface area (Å²) in [5.41, 5.74) is 4.85. The highest BCUT2D eigenvalue weighted by Crippen LogP contribution is 1.89. The molecule has 0 aromatic rings. The van der Waals surface area contributed by atoms with Gasteiger partial charge in [-0.15, -0.1) is 0 Å². The standard InChI is InChI=1S/C6H10N2O3/c1-4(9)8-3-5(11-2)6(7)10/h3H,1-2H3,(H2,7,10)(H,8,9)/b5-3+. The van der Waals surface area contributed by atoms with Crippen LogP contribution in [0.4, 0.5) is 0 Å². The lowest BCUT2D eigenvalue weighted by Crippen LogP contribution is -2.20. The van der Waals surface area contributed by atoms with E-state index in [-0.39, 0.29) is 11.7 Å². The molecule has 0 atom stereocenters. The van der Waals surface area contributed by atoms with Crippen molar-refractivity contribution in [1.82, 2.24) is 5.32 Å². The second kappa shape index (κ2) is 4.32. The fraction of sp³-hybridized carbons (Fsp3) is 0.333. The van der Waals surface area contributed by atoms with Gasteiger partial charge in [-0.05, 0) is 0 Å². The van der Waals surface area contributed by atoms with Crippen molar-refractivity contribution in [3.63, 3.8) is 0 Å². The molecule has 0 aliphatic carbocycles. The number of rotatable bonds is 3. The number of hydrogen-bond donors (Lipinski definition) is 2. The molecule has 3 N–H and O–H groups in total. The highest BCUT2D eigenvalue weighted by Gasteiger charge is 2.02. The third-order valence-corrected chi connectivity index (χ3v) is 0.869. The van der Waals surface area contributed by atoms with Crippen molar-refractivity contribution in [2.24, 2.45) is 5.73 Å². The largest absolute Gasteiger partial charge is 0.490 e. The molecule has 0 aliphatic heterocycles. The van der Waals surface area contributed by atoms with Gasteiger partial charge in [0.15, 0.2) is 5.76 Å². The molecule has 0 saturated heterocycles. The molecule has 11 heavy (non-hydrogen) atoms. The van der Waals surface area contributed by atoms with Crippen LogP contribution < -0.4 is 11.1 Å². The van der Waals surface area contributed by atoms with E-state index in [9.17, 15) is 9.59 Å². The number of ether oxygens (including phenoxy) is 1. The van der Waals surface area contributed by atoms with E-state index in [1.165, 1.54) is 14.0 Å². The first-order valence-corrected chi connectivity index (χ1v) is 2.89. The Kier molecular flexibility index (Phi) is 3.72. The first-order chi connectivity index (χ1) is 5.07. The van der Waals surface area contributed by atoms with Gasteiger partial charge < -0.3 is 15.8 Å². The molecule has 62 valence electrons. The minimum Gasteiger partial charge on any atom is -0.490 e. The summed E-state index contributed by atoms with van der Waals surface area (Å²) in [6.07, 6.45) is 1.12. The van der Waals surface area contributed by atoms with E-state index in [2.05, 4.69) is 10.1 Å². The van der Waals surface area contributed by atoms with E-state index in [4.69, 9.17) is 5.73 Å². The molecular formula is C6H10N2O3. The molecule has 0 aromatic heterocycles. The van der Waals surface area contributed by atoms with Crippen LogP contribution in [0, 0.1) is 0 Å². The Bertz CT molecular complexity index is 198. The number of amides is 2. The Morgan fingerprint density at radius 3 is 2.36 bits per heavy atom. The highest BCUT2D eigenvalue weighted by molar-refractivity contribution is 5.90. The maximum Gasteiger partial charge on any atom is 0.285 e. The number of carbonyl (C=O) groups excluding carboxylic acids is 2. The fourth-order valence-electron chi connectivity index (χ4n) is 0.398. The van der Waals surface area contributed by atoms with Crippen LogP contribution in [0.1, 0.15) is 6.92 Å². The van der Waals surface area contributed by atoms with Crippen LogP contribution in [0.15, 0.2) is 12.0 Å². The van der Waals surface area contributed by atoms with Crippen molar-refractivity contribution < 1.29 is 14.3 Å². The normalized spacial score (nSPS) is 10.5. The molecule has 0 spiro atoms. The molecule has 0 saturated carbocycles. The molecule has 2 amide bonds. The monoisotopic (exact) mass is 158 g/mol. The van der Waals surface area contributed by atoms with Gasteiger partial charge in [0.1, 0.15) is 0 Å². The summed E-state index contributed by atoms with van der Waals surface area (Å²) in [6, 6.07) is 0. The van der Waals surface area contributed by atoms with Crippen LogP contribution in [-0.4, -0.2) is 18.9 Å². The third-order valence-electron chi connectivity index (χ3n) is 0.869. The fourth-order valence-corrected chi connectivity index (χ4v) is 0.398. The van der Waals surface area contributed by atoms with E-state index in [0.717, 1.165) is 6.20 Å². The Morgan fingerprint density at radius 1 is 1.55 bits per heavy atom. The first kappa shape index (κ1) is 9.48. The Morgan fingerprint density at radius 2 is 2.09 bits per heavy atom. The summed E-state index contributed by atoms with van der Waals surface area (Å²) >= 11 is 0. The topological polar surface area (TPSA) is 81.4 Å². The van der Waals surface area contributed by atoms with Crippen molar-refractivity contribution in [2.75, 3.05) is 7.11 Å². The number of nitrogens with two attached hydrogens (primary N) is 1. The Hall–Kier alpha value is -1.52. The lowest BCUT2D eigenvalue weighted by atomic mass is 10.5. The number of nitrogens with one attached hydrogen (secondary N) is 1. The van der Waals surface area contributed by atoms with Gasteiger partial charge in [-0.1, -0.05) is 0 Å². The molecule has 5 heteroatoms. The molecule has 0 rings (SSSR count).